The molecule has 180 valence electrons. The standard InChI is InChI=1S/C34H26BN3/c1-23-18-30(22-31(35)19-23)34-37-32(28-16-8-14-26(20-28)24-10-4-2-5-11-24)36-33(38-34)29-17-9-15-27(21-29)25-12-6-3-7-13-25/h2-22,32H,1H3,(H,36,37,38). The normalized spacial score (nSPS) is 14.8. The van der Waals surface area contributed by atoms with E-state index in [0.717, 1.165) is 45.1 Å². The number of rotatable bonds is 5. The topological polar surface area (TPSA) is 36.8 Å². The number of nitrogens with one attached hydrogen (secondary N) is 1. The summed E-state index contributed by atoms with van der Waals surface area (Å²) in [5, 5.41) is 3.51. The van der Waals surface area contributed by atoms with Crippen molar-refractivity contribution in [3.8, 4) is 22.3 Å². The molecule has 5 aromatic carbocycles. The fourth-order valence-electron chi connectivity index (χ4n) is 4.83. The molecule has 3 nitrogen and oxygen atoms in total. The maximum Gasteiger partial charge on any atom is 0.169 e. The van der Waals surface area contributed by atoms with Gasteiger partial charge in [0.1, 0.15) is 19.5 Å². The van der Waals surface area contributed by atoms with Crippen LogP contribution in [-0.2, 0) is 0 Å². The summed E-state index contributed by atoms with van der Waals surface area (Å²) < 4.78 is 0. The summed E-state index contributed by atoms with van der Waals surface area (Å²) in [5.74, 6) is 1.54. The van der Waals surface area contributed by atoms with Crippen molar-refractivity contribution in [1.29, 1.82) is 0 Å². The van der Waals surface area contributed by atoms with E-state index in [4.69, 9.17) is 17.8 Å². The molecule has 1 heterocycles. The Morgan fingerprint density at radius 2 is 1.08 bits per heavy atom. The maximum absolute atomic E-state index is 6.21. The van der Waals surface area contributed by atoms with E-state index in [0.29, 0.717) is 5.46 Å². The largest absolute Gasteiger partial charge is 0.324 e. The molecule has 0 bridgehead atoms. The molecule has 38 heavy (non-hydrogen) atoms. The van der Waals surface area contributed by atoms with Crippen molar-refractivity contribution in [3.63, 3.8) is 0 Å². The number of amidine groups is 2. The van der Waals surface area contributed by atoms with Crippen molar-refractivity contribution in [3.05, 3.63) is 150 Å². The molecule has 4 heteroatoms. The van der Waals surface area contributed by atoms with Gasteiger partial charge in [0.25, 0.3) is 0 Å². The van der Waals surface area contributed by atoms with Gasteiger partial charge in [-0.1, -0.05) is 120 Å². The summed E-state index contributed by atoms with van der Waals surface area (Å²) in [4.78, 5) is 10.2. The summed E-state index contributed by atoms with van der Waals surface area (Å²) in [6.45, 7) is 2.04. The van der Waals surface area contributed by atoms with Gasteiger partial charge in [0.15, 0.2) is 6.17 Å². The third kappa shape index (κ3) is 5.07. The zero-order valence-corrected chi connectivity index (χ0v) is 21.2. The molecule has 0 aromatic heterocycles. The van der Waals surface area contributed by atoms with Crippen LogP contribution in [-0.4, -0.2) is 19.5 Å². The number of aliphatic imine (C=N–C) groups is 2. The van der Waals surface area contributed by atoms with Gasteiger partial charge in [-0.3, -0.25) is 0 Å². The fourth-order valence-corrected chi connectivity index (χ4v) is 4.83. The number of hydrogen-bond donors (Lipinski definition) is 1. The Bertz CT molecular complexity index is 1640. The van der Waals surface area contributed by atoms with E-state index in [1.165, 1.54) is 11.1 Å². The summed E-state index contributed by atoms with van der Waals surface area (Å²) in [5.41, 5.74) is 9.38. The first kappa shape index (κ1) is 23.7. The van der Waals surface area contributed by atoms with Crippen LogP contribution in [0, 0.1) is 6.92 Å². The minimum atomic E-state index is -0.396. The van der Waals surface area contributed by atoms with Gasteiger partial charge >= 0.3 is 0 Å². The van der Waals surface area contributed by atoms with Gasteiger partial charge in [0.2, 0.25) is 0 Å². The summed E-state index contributed by atoms with van der Waals surface area (Å²) >= 11 is 0. The quantitative estimate of drug-likeness (QED) is 0.278. The lowest BCUT2D eigenvalue weighted by atomic mass is 9.92. The second-order valence-corrected chi connectivity index (χ2v) is 9.52. The first-order chi connectivity index (χ1) is 18.6. The third-order valence-corrected chi connectivity index (χ3v) is 6.65. The van der Waals surface area contributed by atoms with Gasteiger partial charge in [-0.05, 0) is 52.9 Å². The Morgan fingerprint density at radius 3 is 1.74 bits per heavy atom. The van der Waals surface area contributed by atoms with Crippen LogP contribution >= 0.6 is 0 Å². The highest BCUT2D eigenvalue weighted by atomic mass is 15.2. The number of nitrogens with zero attached hydrogens (tertiary/aromatic N) is 2. The summed E-state index contributed by atoms with van der Waals surface area (Å²) in [6, 6.07) is 43.7. The van der Waals surface area contributed by atoms with E-state index in [9.17, 15) is 0 Å². The van der Waals surface area contributed by atoms with E-state index >= 15 is 0 Å². The van der Waals surface area contributed by atoms with Gasteiger partial charge < -0.3 is 5.32 Å². The zero-order valence-electron chi connectivity index (χ0n) is 21.2. The molecule has 0 saturated carbocycles. The van der Waals surface area contributed by atoms with Crippen LogP contribution in [0.15, 0.2) is 137 Å². The highest BCUT2D eigenvalue weighted by Gasteiger charge is 2.21. The lowest BCUT2D eigenvalue weighted by Gasteiger charge is -2.23. The van der Waals surface area contributed by atoms with Crippen molar-refractivity contribution >= 4 is 25.0 Å². The lowest BCUT2D eigenvalue weighted by molar-refractivity contribution is 0.756. The Hall–Kier alpha value is -4.70. The molecule has 0 aliphatic carbocycles. The molecule has 6 rings (SSSR count). The Balaban J connectivity index is 1.45. The number of aryl methyl sites for hydroxylation is 1. The fraction of sp³-hybridized carbons (Fsp3) is 0.0588. The van der Waals surface area contributed by atoms with E-state index in [2.05, 4.69) is 108 Å². The molecule has 0 fully saturated rings. The maximum atomic E-state index is 6.21. The second-order valence-electron chi connectivity index (χ2n) is 9.52. The Labute approximate surface area is 225 Å². The molecule has 0 saturated heterocycles. The minimum absolute atomic E-state index is 0.396. The predicted octanol–water partition coefficient (Wildman–Crippen LogP) is 6.62. The van der Waals surface area contributed by atoms with Crippen molar-refractivity contribution in [2.75, 3.05) is 0 Å². The first-order valence-electron chi connectivity index (χ1n) is 12.7. The van der Waals surface area contributed by atoms with Gasteiger partial charge in [-0.15, -0.1) is 0 Å². The summed E-state index contributed by atoms with van der Waals surface area (Å²) in [6.07, 6.45) is -0.396. The molecular formula is C34H26BN3. The highest BCUT2D eigenvalue weighted by Crippen LogP contribution is 2.29. The molecule has 1 aliphatic heterocycles. The average molecular weight is 487 g/mol. The van der Waals surface area contributed by atoms with Gasteiger partial charge in [-0.2, -0.15) is 0 Å². The number of hydrogen-bond acceptors (Lipinski definition) is 3. The first-order valence-corrected chi connectivity index (χ1v) is 12.7. The van der Waals surface area contributed by atoms with Crippen LogP contribution in [0.25, 0.3) is 22.3 Å². The van der Waals surface area contributed by atoms with Gasteiger partial charge in [0, 0.05) is 11.1 Å². The van der Waals surface area contributed by atoms with Crippen LogP contribution in [0.4, 0.5) is 0 Å². The van der Waals surface area contributed by atoms with Gasteiger partial charge in [0.05, 0.1) is 0 Å². The zero-order chi connectivity index (χ0) is 25.9. The Kier molecular flexibility index (Phi) is 6.45. The average Bonchev–Trinajstić information content (AvgIpc) is 2.97. The smallest absolute Gasteiger partial charge is 0.169 e. The third-order valence-electron chi connectivity index (χ3n) is 6.65. The molecule has 0 amide bonds. The van der Waals surface area contributed by atoms with Crippen LogP contribution in [0.5, 0.6) is 0 Å². The van der Waals surface area contributed by atoms with Crippen LogP contribution in [0.3, 0.4) is 0 Å². The van der Waals surface area contributed by atoms with Crippen molar-refractivity contribution < 1.29 is 0 Å². The Morgan fingerprint density at radius 1 is 0.526 bits per heavy atom. The summed E-state index contributed by atoms with van der Waals surface area (Å²) in [7, 11) is 6.21. The number of benzene rings is 5. The van der Waals surface area contributed by atoms with Crippen LogP contribution in [0.1, 0.15) is 28.4 Å². The molecule has 1 aliphatic rings. The molecular weight excluding hydrogens is 461 g/mol. The van der Waals surface area contributed by atoms with E-state index < -0.39 is 6.17 Å². The van der Waals surface area contributed by atoms with E-state index in [1.807, 2.05) is 31.2 Å². The monoisotopic (exact) mass is 487 g/mol. The van der Waals surface area contributed by atoms with E-state index in [1.54, 1.807) is 0 Å². The minimum Gasteiger partial charge on any atom is -0.324 e. The predicted molar refractivity (Wildman–Crippen MR) is 159 cm³/mol. The van der Waals surface area contributed by atoms with E-state index in [-0.39, 0.29) is 0 Å². The SMILES string of the molecule is [B]c1cc(C)cc(C2=NC(c3cccc(-c4ccccc4)c3)N=C(c3cccc(-c4ccccc4)c3)N2)c1. The highest BCUT2D eigenvalue weighted by molar-refractivity contribution is 6.33. The van der Waals surface area contributed by atoms with Crippen molar-refractivity contribution in [2.24, 2.45) is 9.98 Å². The molecule has 1 N–H and O–H groups in total. The molecule has 2 radical (unpaired) electrons. The van der Waals surface area contributed by atoms with Crippen molar-refractivity contribution in [2.45, 2.75) is 13.1 Å². The van der Waals surface area contributed by atoms with Crippen LogP contribution in [0.2, 0.25) is 0 Å². The van der Waals surface area contributed by atoms with Gasteiger partial charge in [-0.25, -0.2) is 9.98 Å². The van der Waals surface area contributed by atoms with Crippen molar-refractivity contribution in [1.82, 2.24) is 5.32 Å². The molecule has 5 aromatic rings. The molecule has 1 atom stereocenters. The molecule has 1 unspecified atom stereocenters. The van der Waals surface area contributed by atoms with Crippen LogP contribution < -0.4 is 10.8 Å². The lowest BCUT2D eigenvalue weighted by Crippen LogP contribution is -2.36. The molecule has 0 spiro atoms. The second kappa shape index (κ2) is 10.4.